The summed E-state index contributed by atoms with van der Waals surface area (Å²) in [7, 11) is 0. The summed E-state index contributed by atoms with van der Waals surface area (Å²) in [5, 5.41) is 3.73. The van der Waals surface area contributed by atoms with Gasteiger partial charge in [-0.1, -0.05) is 34.6 Å². The molecule has 2 heteroatoms. The fourth-order valence-electron chi connectivity index (χ4n) is 2.42. The third kappa shape index (κ3) is 4.09. The lowest BCUT2D eigenvalue weighted by molar-refractivity contribution is 0.270. The van der Waals surface area contributed by atoms with Crippen LogP contribution in [0.2, 0.25) is 0 Å². The molecule has 0 amide bonds. The van der Waals surface area contributed by atoms with Crippen molar-refractivity contribution >= 4 is 0 Å². The van der Waals surface area contributed by atoms with Crippen LogP contribution in [0.25, 0.3) is 0 Å². The van der Waals surface area contributed by atoms with Crippen LogP contribution in [0.3, 0.4) is 0 Å². The van der Waals surface area contributed by atoms with Crippen LogP contribution in [0.5, 0.6) is 0 Å². The number of hydrogen-bond donors (Lipinski definition) is 1. The standard InChI is InChI=1S/C16H28N2/c1-6-9-18-16(13(4)12(2)3)14(5)15-7-10-17-11-8-15/h7-8,10-14,16,18H,6,9H2,1-5H3. The van der Waals surface area contributed by atoms with Crippen LogP contribution in [0.4, 0.5) is 0 Å². The van der Waals surface area contributed by atoms with Crippen LogP contribution in [0.15, 0.2) is 24.5 Å². The lowest BCUT2D eigenvalue weighted by atomic mass is 9.80. The highest BCUT2D eigenvalue weighted by Crippen LogP contribution is 2.27. The molecule has 0 saturated carbocycles. The minimum atomic E-state index is 0.525. The largest absolute Gasteiger partial charge is 0.313 e. The molecule has 2 nitrogen and oxygen atoms in total. The number of hydrogen-bond acceptors (Lipinski definition) is 2. The molecule has 1 aromatic rings. The monoisotopic (exact) mass is 248 g/mol. The number of rotatable bonds is 7. The molecule has 3 atom stereocenters. The summed E-state index contributed by atoms with van der Waals surface area (Å²) >= 11 is 0. The van der Waals surface area contributed by atoms with Gasteiger partial charge >= 0.3 is 0 Å². The maximum atomic E-state index is 4.11. The average molecular weight is 248 g/mol. The summed E-state index contributed by atoms with van der Waals surface area (Å²) in [6.07, 6.45) is 4.97. The average Bonchev–Trinajstić information content (AvgIpc) is 2.39. The van der Waals surface area contributed by atoms with E-state index >= 15 is 0 Å². The van der Waals surface area contributed by atoms with Crippen molar-refractivity contribution in [2.75, 3.05) is 6.54 Å². The Morgan fingerprint density at radius 1 is 1.11 bits per heavy atom. The second kappa shape index (κ2) is 7.52. The van der Waals surface area contributed by atoms with Gasteiger partial charge in [-0.05, 0) is 48.4 Å². The molecule has 0 aromatic carbocycles. The molecule has 18 heavy (non-hydrogen) atoms. The van der Waals surface area contributed by atoms with E-state index in [-0.39, 0.29) is 0 Å². The van der Waals surface area contributed by atoms with Gasteiger partial charge in [-0.3, -0.25) is 4.98 Å². The summed E-state index contributed by atoms with van der Waals surface area (Å²) in [4.78, 5) is 4.11. The second-order valence-corrected chi connectivity index (χ2v) is 5.65. The Balaban J connectivity index is 2.81. The highest BCUT2D eigenvalue weighted by molar-refractivity contribution is 5.17. The van der Waals surface area contributed by atoms with E-state index in [2.05, 4.69) is 57.1 Å². The smallest absolute Gasteiger partial charge is 0.0270 e. The first-order valence-corrected chi connectivity index (χ1v) is 7.21. The predicted molar refractivity (Wildman–Crippen MR) is 78.7 cm³/mol. The molecule has 1 N–H and O–H groups in total. The number of nitrogens with one attached hydrogen (secondary N) is 1. The van der Waals surface area contributed by atoms with Crippen LogP contribution in [-0.4, -0.2) is 17.6 Å². The summed E-state index contributed by atoms with van der Waals surface area (Å²) in [6, 6.07) is 4.81. The van der Waals surface area contributed by atoms with Crippen molar-refractivity contribution in [3.63, 3.8) is 0 Å². The van der Waals surface area contributed by atoms with E-state index in [1.165, 1.54) is 12.0 Å². The Morgan fingerprint density at radius 3 is 2.22 bits per heavy atom. The first-order chi connectivity index (χ1) is 8.57. The lowest BCUT2D eigenvalue weighted by Gasteiger charge is -2.33. The van der Waals surface area contributed by atoms with E-state index in [1.807, 2.05) is 12.4 Å². The molecule has 1 rings (SSSR count). The molecule has 3 unspecified atom stereocenters. The zero-order chi connectivity index (χ0) is 13.5. The zero-order valence-electron chi connectivity index (χ0n) is 12.5. The fraction of sp³-hybridized carbons (Fsp3) is 0.688. The third-order valence-electron chi connectivity index (χ3n) is 4.02. The third-order valence-corrected chi connectivity index (χ3v) is 4.02. The summed E-state index contributed by atoms with van der Waals surface area (Å²) < 4.78 is 0. The highest BCUT2D eigenvalue weighted by atomic mass is 14.9. The van der Waals surface area contributed by atoms with Crippen LogP contribution in [0.1, 0.15) is 52.5 Å². The number of aromatic nitrogens is 1. The molecule has 0 aliphatic rings. The second-order valence-electron chi connectivity index (χ2n) is 5.65. The molecule has 0 aliphatic heterocycles. The Kier molecular flexibility index (Phi) is 6.34. The van der Waals surface area contributed by atoms with Gasteiger partial charge in [-0.15, -0.1) is 0 Å². The molecule has 0 aliphatic carbocycles. The molecule has 0 saturated heterocycles. The van der Waals surface area contributed by atoms with Gasteiger partial charge in [-0.2, -0.15) is 0 Å². The SMILES string of the molecule is CCCNC(C(C)c1ccncc1)C(C)C(C)C. The van der Waals surface area contributed by atoms with E-state index in [4.69, 9.17) is 0 Å². The quantitative estimate of drug-likeness (QED) is 0.793. The molecule has 0 fully saturated rings. The maximum absolute atomic E-state index is 4.11. The van der Waals surface area contributed by atoms with E-state index in [9.17, 15) is 0 Å². The van der Waals surface area contributed by atoms with E-state index in [0.29, 0.717) is 23.8 Å². The minimum Gasteiger partial charge on any atom is -0.313 e. The number of nitrogens with zero attached hydrogens (tertiary/aromatic N) is 1. The van der Waals surface area contributed by atoms with Crippen LogP contribution >= 0.6 is 0 Å². The highest BCUT2D eigenvalue weighted by Gasteiger charge is 2.26. The van der Waals surface area contributed by atoms with Crippen molar-refractivity contribution in [3.8, 4) is 0 Å². The Labute approximate surface area is 112 Å². The van der Waals surface area contributed by atoms with Crippen LogP contribution in [0, 0.1) is 11.8 Å². The molecule has 0 bridgehead atoms. The minimum absolute atomic E-state index is 0.525. The van der Waals surface area contributed by atoms with Crippen molar-refractivity contribution in [1.29, 1.82) is 0 Å². The maximum Gasteiger partial charge on any atom is 0.0270 e. The molecule has 1 heterocycles. The molecule has 102 valence electrons. The van der Waals surface area contributed by atoms with Gasteiger partial charge in [-0.25, -0.2) is 0 Å². The number of pyridine rings is 1. The van der Waals surface area contributed by atoms with Crippen molar-refractivity contribution in [1.82, 2.24) is 10.3 Å². The Morgan fingerprint density at radius 2 is 1.72 bits per heavy atom. The Bertz CT molecular complexity index is 321. The van der Waals surface area contributed by atoms with E-state index in [1.54, 1.807) is 0 Å². The molecule has 0 spiro atoms. The molecular formula is C16H28N2. The van der Waals surface area contributed by atoms with Gasteiger partial charge in [0, 0.05) is 18.4 Å². The zero-order valence-corrected chi connectivity index (χ0v) is 12.5. The lowest BCUT2D eigenvalue weighted by Crippen LogP contribution is -2.41. The summed E-state index contributed by atoms with van der Waals surface area (Å²) in [5.74, 6) is 1.89. The van der Waals surface area contributed by atoms with Crippen LogP contribution < -0.4 is 5.32 Å². The molecule has 1 aromatic heterocycles. The van der Waals surface area contributed by atoms with E-state index < -0.39 is 0 Å². The fourth-order valence-corrected chi connectivity index (χ4v) is 2.42. The molecule has 0 radical (unpaired) electrons. The van der Waals surface area contributed by atoms with Crippen molar-refractivity contribution in [2.24, 2.45) is 11.8 Å². The first kappa shape index (κ1) is 15.2. The molecular weight excluding hydrogens is 220 g/mol. The van der Waals surface area contributed by atoms with Gasteiger partial charge in [0.15, 0.2) is 0 Å². The summed E-state index contributed by atoms with van der Waals surface area (Å²) in [5.41, 5.74) is 1.38. The predicted octanol–water partition coefficient (Wildman–Crippen LogP) is 3.85. The van der Waals surface area contributed by atoms with Gasteiger partial charge in [0.1, 0.15) is 0 Å². The Hall–Kier alpha value is -0.890. The van der Waals surface area contributed by atoms with Gasteiger partial charge in [0.25, 0.3) is 0 Å². The van der Waals surface area contributed by atoms with Crippen molar-refractivity contribution < 1.29 is 0 Å². The van der Waals surface area contributed by atoms with Gasteiger partial charge in [0.2, 0.25) is 0 Å². The van der Waals surface area contributed by atoms with Gasteiger partial charge in [0.05, 0.1) is 0 Å². The van der Waals surface area contributed by atoms with E-state index in [0.717, 1.165) is 6.54 Å². The topological polar surface area (TPSA) is 24.9 Å². The first-order valence-electron chi connectivity index (χ1n) is 7.21. The van der Waals surface area contributed by atoms with Crippen molar-refractivity contribution in [3.05, 3.63) is 30.1 Å². The van der Waals surface area contributed by atoms with Crippen LogP contribution in [-0.2, 0) is 0 Å². The summed E-state index contributed by atoms with van der Waals surface area (Å²) in [6.45, 7) is 12.6. The van der Waals surface area contributed by atoms with Gasteiger partial charge < -0.3 is 5.32 Å². The van der Waals surface area contributed by atoms with Crippen molar-refractivity contribution in [2.45, 2.75) is 53.0 Å². The normalized spacial score (nSPS) is 16.6.